The van der Waals surface area contributed by atoms with Gasteiger partial charge < -0.3 is 4.90 Å². The third-order valence-corrected chi connectivity index (χ3v) is 3.30. The fourth-order valence-electron chi connectivity index (χ4n) is 2.03. The van der Waals surface area contributed by atoms with Crippen LogP contribution in [0, 0.1) is 12.3 Å². The van der Waals surface area contributed by atoms with Crippen molar-refractivity contribution < 1.29 is 0 Å². The highest BCUT2D eigenvalue weighted by Crippen LogP contribution is 2.36. The van der Waals surface area contributed by atoms with Crippen LogP contribution in [-0.4, -0.2) is 11.8 Å². The van der Waals surface area contributed by atoms with Crippen LogP contribution in [0.15, 0.2) is 41.0 Å². The summed E-state index contributed by atoms with van der Waals surface area (Å²) < 4.78 is 0. The molecule has 1 aliphatic heterocycles. The number of anilines is 1. The number of nitrogens with zero attached hydrogens (tertiary/aromatic N) is 2. The summed E-state index contributed by atoms with van der Waals surface area (Å²) in [4.78, 5) is 6.35. The third kappa shape index (κ3) is 2.59. The van der Waals surface area contributed by atoms with E-state index >= 15 is 0 Å². The molecule has 1 aromatic carbocycles. The molecule has 1 unspecified atom stereocenters. The second-order valence-corrected chi connectivity index (χ2v) is 6.01. The van der Waals surface area contributed by atoms with Gasteiger partial charge in [0.1, 0.15) is 0 Å². The van der Waals surface area contributed by atoms with Crippen LogP contribution in [0.4, 0.5) is 5.69 Å². The van der Waals surface area contributed by atoms with Gasteiger partial charge in [0, 0.05) is 23.0 Å². The Hall–Kier alpha value is -1.28. The van der Waals surface area contributed by atoms with Gasteiger partial charge in [-0.3, -0.25) is 4.99 Å². The molecular formula is C15H19ClN2. The maximum atomic E-state index is 6.34. The molecule has 1 aliphatic rings. The number of benzene rings is 1. The summed E-state index contributed by atoms with van der Waals surface area (Å²) in [7, 11) is 0. The fraction of sp³-hybridized carbons (Fsp3) is 0.400. The summed E-state index contributed by atoms with van der Waals surface area (Å²) in [5.41, 5.74) is 3.17. The minimum Gasteiger partial charge on any atom is -0.309 e. The highest BCUT2D eigenvalue weighted by Gasteiger charge is 2.29. The van der Waals surface area contributed by atoms with Gasteiger partial charge in [-0.05, 0) is 25.1 Å². The van der Waals surface area contributed by atoms with Crippen LogP contribution in [0.2, 0.25) is 0 Å². The minimum atomic E-state index is -0.369. The number of alkyl halides is 1. The maximum absolute atomic E-state index is 6.34. The van der Waals surface area contributed by atoms with Crippen LogP contribution < -0.4 is 4.90 Å². The molecule has 0 radical (unpaired) electrons. The number of allylic oxidation sites excluding steroid dienone is 2. The van der Waals surface area contributed by atoms with Crippen LogP contribution in [0.1, 0.15) is 26.3 Å². The first-order valence-corrected chi connectivity index (χ1v) is 6.57. The van der Waals surface area contributed by atoms with Crippen LogP contribution in [0.5, 0.6) is 0 Å². The predicted molar refractivity (Wildman–Crippen MR) is 79.3 cm³/mol. The molecule has 0 aliphatic carbocycles. The van der Waals surface area contributed by atoms with Crippen molar-refractivity contribution in [3.8, 4) is 0 Å². The molecule has 18 heavy (non-hydrogen) atoms. The van der Waals surface area contributed by atoms with E-state index in [1.54, 1.807) is 6.21 Å². The number of hydrogen-bond acceptors (Lipinski definition) is 2. The lowest BCUT2D eigenvalue weighted by Gasteiger charge is -2.38. The zero-order chi connectivity index (χ0) is 13.3. The molecule has 3 heteroatoms. The Bertz CT molecular complexity index is 480. The highest BCUT2D eigenvalue weighted by atomic mass is 35.5. The zero-order valence-electron chi connectivity index (χ0n) is 11.3. The molecule has 0 amide bonds. The van der Waals surface area contributed by atoms with E-state index in [0.717, 1.165) is 5.69 Å². The first kappa shape index (κ1) is 13.2. The standard InChI is InChI=1S/C15H19ClN2/c1-11-5-7-12(8-6-11)18-13(15(2,3)4)9-10-17-14(18)16/h5-10,14H,1-4H3. The molecular weight excluding hydrogens is 244 g/mol. The summed E-state index contributed by atoms with van der Waals surface area (Å²) in [5, 5.41) is 0. The number of hydrogen-bond donors (Lipinski definition) is 0. The maximum Gasteiger partial charge on any atom is 0.201 e. The third-order valence-electron chi connectivity index (χ3n) is 2.99. The van der Waals surface area contributed by atoms with Gasteiger partial charge in [0.25, 0.3) is 0 Å². The Kier molecular flexibility index (Phi) is 3.49. The molecule has 0 fully saturated rings. The molecule has 1 aromatic rings. The molecule has 0 aromatic heterocycles. The number of aliphatic imine (C=N–C) groups is 1. The predicted octanol–water partition coefficient (Wildman–Crippen LogP) is 4.34. The molecule has 1 heterocycles. The first-order valence-electron chi connectivity index (χ1n) is 6.13. The molecule has 96 valence electrons. The number of rotatable bonds is 1. The lowest BCUT2D eigenvalue weighted by atomic mass is 9.90. The monoisotopic (exact) mass is 262 g/mol. The van der Waals surface area contributed by atoms with E-state index in [-0.39, 0.29) is 11.0 Å². The van der Waals surface area contributed by atoms with Crippen molar-refractivity contribution in [3.05, 3.63) is 41.6 Å². The van der Waals surface area contributed by atoms with Gasteiger partial charge in [-0.2, -0.15) is 0 Å². The molecule has 1 atom stereocenters. The van der Waals surface area contributed by atoms with Crippen molar-refractivity contribution in [1.29, 1.82) is 0 Å². The average Bonchev–Trinajstić information content (AvgIpc) is 2.29. The minimum absolute atomic E-state index is 0.0322. The van der Waals surface area contributed by atoms with Gasteiger partial charge in [-0.15, -0.1) is 0 Å². The molecule has 0 spiro atoms. The Balaban J connectivity index is 2.43. The smallest absolute Gasteiger partial charge is 0.201 e. The Labute approximate surface area is 114 Å². The van der Waals surface area contributed by atoms with Gasteiger partial charge in [-0.1, -0.05) is 50.1 Å². The van der Waals surface area contributed by atoms with Crippen molar-refractivity contribution in [2.45, 2.75) is 33.3 Å². The summed E-state index contributed by atoms with van der Waals surface area (Å²) >= 11 is 6.34. The summed E-state index contributed by atoms with van der Waals surface area (Å²) in [6.07, 6.45) is 3.83. The van der Waals surface area contributed by atoms with Crippen molar-refractivity contribution in [2.75, 3.05) is 4.90 Å². The average molecular weight is 263 g/mol. The molecule has 0 saturated heterocycles. The van der Waals surface area contributed by atoms with E-state index in [4.69, 9.17) is 11.6 Å². The normalized spacial score (nSPS) is 19.9. The van der Waals surface area contributed by atoms with E-state index in [1.807, 2.05) is 6.08 Å². The van der Waals surface area contributed by atoms with Crippen LogP contribution >= 0.6 is 11.6 Å². The zero-order valence-corrected chi connectivity index (χ0v) is 12.1. The lowest BCUT2D eigenvalue weighted by Crippen LogP contribution is -2.37. The van der Waals surface area contributed by atoms with E-state index < -0.39 is 0 Å². The SMILES string of the molecule is Cc1ccc(N2C(C(C)(C)C)=CC=NC2Cl)cc1. The van der Waals surface area contributed by atoms with Gasteiger partial charge >= 0.3 is 0 Å². The number of halogens is 1. The largest absolute Gasteiger partial charge is 0.309 e. The Morgan fingerprint density at radius 2 is 1.78 bits per heavy atom. The summed E-state index contributed by atoms with van der Waals surface area (Å²) in [5.74, 6) is 0. The Morgan fingerprint density at radius 3 is 2.33 bits per heavy atom. The van der Waals surface area contributed by atoms with Crippen molar-refractivity contribution in [3.63, 3.8) is 0 Å². The van der Waals surface area contributed by atoms with Gasteiger partial charge in [-0.25, -0.2) is 0 Å². The van der Waals surface area contributed by atoms with Crippen molar-refractivity contribution in [2.24, 2.45) is 10.4 Å². The molecule has 2 rings (SSSR count). The van der Waals surface area contributed by atoms with Gasteiger partial charge in [0.2, 0.25) is 5.62 Å². The topological polar surface area (TPSA) is 15.6 Å². The fourth-order valence-corrected chi connectivity index (χ4v) is 2.31. The quantitative estimate of drug-likeness (QED) is 0.543. The summed E-state index contributed by atoms with van der Waals surface area (Å²) in [6.45, 7) is 8.63. The first-order chi connectivity index (χ1) is 8.39. The second-order valence-electron chi connectivity index (χ2n) is 5.62. The van der Waals surface area contributed by atoms with Crippen LogP contribution in [-0.2, 0) is 0 Å². The molecule has 0 N–H and O–H groups in total. The van der Waals surface area contributed by atoms with Crippen LogP contribution in [0.25, 0.3) is 0 Å². The molecule has 0 saturated carbocycles. The van der Waals surface area contributed by atoms with Gasteiger partial charge in [0.15, 0.2) is 0 Å². The van der Waals surface area contributed by atoms with E-state index in [9.17, 15) is 0 Å². The Morgan fingerprint density at radius 1 is 1.17 bits per heavy atom. The van der Waals surface area contributed by atoms with Gasteiger partial charge in [0.05, 0.1) is 0 Å². The van der Waals surface area contributed by atoms with Crippen molar-refractivity contribution >= 4 is 23.5 Å². The van der Waals surface area contributed by atoms with Crippen LogP contribution in [0.3, 0.4) is 0 Å². The molecule has 2 nitrogen and oxygen atoms in total. The van der Waals surface area contributed by atoms with Crippen molar-refractivity contribution in [1.82, 2.24) is 0 Å². The van der Waals surface area contributed by atoms with E-state index in [0.29, 0.717) is 0 Å². The van der Waals surface area contributed by atoms with E-state index in [2.05, 4.69) is 61.9 Å². The summed E-state index contributed by atoms with van der Waals surface area (Å²) in [6, 6.07) is 8.37. The molecule has 0 bridgehead atoms. The highest BCUT2D eigenvalue weighted by molar-refractivity contribution is 6.22. The lowest BCUT2D eigenvalue weighted by molar-refractivity contribution is 0.478. The van der Waals surface area contributed by atoms with E-state index in [1.165, 1.54) is 11.3 Å². The second kappa shape index (κ2) is 4.77. The number of aryl methyl sites for hydroxylation is 1.